The van der Waals surface area contributed by atoms with E-state index in [-0.39, 0.29) is 23.0 Å². The van der Waals surface area contributed by atoms with Crippen molar-refractivity contribution in [1.82, 2.24) is 14.3 Å². The fraction of sp³-hybridized carbons (Fsp3) is 0.312. The third-order valence-electron chi connectivity index (χ3n) is 4.07. The lowest BCUT2D eigenvalue weighted by atomic mass is 10.1. The molecule has 2 aromatic rings. The summed E-state index contributed by atoms with van der Waals surface area (Å²) in [6.45, 7) is 2.17. The Hall–Kier alpha value is -2.52. The highest BCUT2D eigenvalue weighted by molar-refractivity contribution is 7.89. The van der Waals surface area contributed by atoms with E-state index < -0.39 is 15.9 Å². The molecule has 1 aliphatic heterocycles. The molecule has 8 nitrogen and oxygen atoms in total. The van der Waals surface area contributed by atoms with E-state index in [1.807, 2.05) is 6.92 Å². The van der Waals surface area contributed by atoms with Crippen LogP contribution in [0.1, 0.15) is 27.4 Å². The maximum Gasteiger partial charge on any atom is 0.286 e. The Morgan fingerprint density at radius 2 is 2.12 bits per heavy atom. The molecule has 0 saturated heterocycles. The molecule has 1 amide bonds. The van der Waals surface area contributed by atoms with Gasteiger partial charge in [-0.05, 0) is 36.6 Å². The summed E-state index contributed by atoms with van der Waals surface area (Å²) in [5.74, 6) is -0.578. The number of ether oxygens (including phenoxy) is 1. The van der Waals surface area contributed by atoms with Crippen LogP contribution in [0.2, 0.25) is 0 Å². The highest BCUT2D eigenvalue weighted by Crippen LogP contribution is 2.30. The number of aromatic nitrogens is 2. The predicted molar refractivity (Wildman–Crippen MR) is 89.6 cm³/mol. The second-order valence-electron chi connectivity index (χ2n) is 5.77. The summed E-state index contributed by atoms with van der Waals surface area (Å²) in [6.07, 6.45) is 1.99. The zero-order valence-electron chi connectivity index (χ0n) is 13.9. The SMILES string of the molecule is COc1ccc(C)cc1S(=O)(=O)N1CCc2cnc(C(N)=O)nc2C1. The fourth-order valence-electron chi connectivity index (χ4n) is 2.73. The zero-order chi connectivity index (χ0) is 18.2. The van der Waals surface area contributed by atoms with Crippen LogP contribution in [-0.2, 0) is 23.0 Å². The number of rotatable bonds is 4. The smallest absolute Gasteiger partial charge is 0.286 e. The first-order chi connectivity index (χ1) is 11.8. The van der Waals surface area contributed by atoms with E-state index in [4.69, 9.17) is 10.5 Å². The first-order valence-electron chi connectivity index (χ1n) is 7.62. The highest BCUT2D eigenvalue weighted by Gasteiger charge is 2.32. The quantitative estimate of drug-likeness (QED) is 0.853. The van der Waals surface area contributed by atoms with Crippen molar-refractivity contribution in [3.63, 3.8) is 0 Å². The number of nitrogens with zero attached hydrogens (tertiary/aromatic N) is 3. The van der Waals surface area contributed by atoms with Gasteiger partial charge >= 0.3 is 0 Å². The van der Waals surface area contributed by atoms with Crippen LogP contribution in [0.4, 0.5) is 0 Å². The topological polar surface area (TPSA) is 115 Å². The van der Waals surface area contributed by atoms with Gasteiger partial charge in [0.2, 0.25) is 15.8 Å². The van der Waals surface area contributed by atoms with E-state index >= 15 is 0 Å². The molecule has 1 aromatic carbocycles. The molecule has 0 unspecified atom stereocenters. The lowest BCUT2D eigenvalue weighted by Crippen LogP contribution is -2.37. The number of methoxy groups -OCH3 is 1. The van der Waals surface area contributed by atoms with Crippen molar-refractivity contribution in [2.45, 2.75) is 24.8 Å². The number of primary amides is 1. The molecule has 0 spiro atoms. The number of aryl methyl sites for hydroxylation is 1. The van der Waals surface area contributed by atoms with Gasteiger partial charge < -0.3 is 10.5 Å². The Morgan fingerprint density at radius 1 is 1.36 bits per heavy atom. The van der Waals surface area contributed by atoms with E-state index in [1.54, 1.807) is 18.2 Å². The summed E-state index contributed by atoms with van der Waals surface area (Å²) in [5.41, 5.74) is 7.32. The summed E-state index contributed by atoms with van der Waals surface area (Å²) in [7, 11) is -2.34. The lowest BCUT2D eigenvalue weighted by Gasteiger charge is -2.27. The molecule has 0 atom stereocenters. The summed E-state index contributed by atoms with van der Waals surface area (Å²) < 4.78 is 32.6. The van der Waals surface area contributed by atoms with Crippen molar-refractivity contribution in [2.75, 3.05) is 13.7 Å². The van der Waals surface area contributed by atoms with Gasteiger partial charge in [0.15, 0.2) is 0 Å². The second-order valence-corrected chi connectivity index (χ2v) is 7.68. The first-order valence-corrected chi connectivity index (χ1v) is 9.06. The number of nitrogens with two attached hydrogens (primary N) is 1. The van der Waals surface area contributed by atoms with Crippen molar-refractivity contribution in [3.05, 3.63) is 47.0 Å². The zero-order valence-corrected chi connectivity index (χ0v) is 14.7. The molecule has 25 heavy (non-hydrogen) atoms. The Bertz CT molecular complexity index is 943. The molecule has 0 aliphatic carbocycles. The van der Waals surface area contributed by atoms with Crippen LogP contribution >= 0.6 is 0 Å². The average Bonchev–Trinajstić information content (AvgIpc) is 2.60. The molecule has 1 aliphatic rings. The van der Waals surface area contributed by atoms with Gasteiger partial charge in [-0.1, -0.05) is 6.07 Å². The van der Waals surface area contributed by atoms with Gasteiger partial charge in [0.25, 0.3) is 5.91 Å². The molecule has 2 N–H and O–H groups in total. The number of hydrogen-bond acceptors (Lipinski definition) is 6. The maximum absolute atomic E-state index is 13.1. The number of carbonyl (C=O) groups excluding carboxylic acids is 1. The van der Waals surface area contributed by atoms with Crippen LogP contribution in [-0.4, -0.2) is 42.3 Å². The van der Waals surface area contributed by atoms with Gasteiger partial charge in [0, 0.05) is 12.7 Å². The van der Waals surface area contributed by atoms with Gasteiger partial charge in [0.1, 0.15) is 10.6 Å². The molecule has 0 fully saturated rings. The number of carbonyl (C=O) groups is 1. The van der Waals surface area contributed by atoms with Gasteiger partial charge in [-0.15, -0.1) is 0 Å². The Labute approximate surface area is 145 Å². The molecule has 3 rings (SSSR count). The number of fused-ring (bicyclic) bond motifs is 1. The van der Waals surface area contributed by atoms with E-state index in [1.165, 1.54) is 17.6 Å². The second kappa shape index (κ2) is 6.41. The monoisotopic (exact) mass is 362 g/mol. The van der Waals surface area contributed by atoms with Crippen molar-refractivity contribution in [2.24, 2.45) is 5.73 Å². The average molecular weight is 362 g/mol. The lowest BCUT2D eigenvalue weighted by molar-refractivity contribution is 0.0990. The van der Waals surface area contributed by atoms with Gasteiger partial charge in [-0.3, -0.25) is 4.79 Å². The Morgan fingerprint density at radius 3 is 2.80 bits per heavy atom. The maximum atomic E-state index is 13.1. The minimum absolute atomic E-state index is 0.0531. The number of amides is 1. The van der Waals surface area contributed by atoms with Gasteiger partial charge in [-0.2, -0.15) is 4.31 Å². The van der Waals surface area contributed by atoms with Crippen LogP contribution in [0.25, 0.3) is 0 Å². The third kappa shape index (κ3) is 3.20. The number of hydrogen-bond donors (Lipinski definition) is 1. The van der Waals surface area contributed by atoms with Crippen molar-refractivity contribution in [3.8, 4) is 5.75 Å². The van der Waals surface area contributed by atoms with Crippen molar-refractivity contribution < 1.29 is 17.9 Å². The molecule has 2 heterocycles. The normalized spacial score (nSPS) is 14.8. The Balaban J connectivity index is 1.99. The van der Waals surface area contributed by atoms with Gasteiger partial charge in [0.05, 0.1) is 19.3 Å². The molecule has 0 bridgehead atoms. The molecule has 1 aromatic heterocycles. The van der Waals surface area contributed by atoms with Crippen LogP contribution in [0, 0.1) is 6.92 Å². The first kappa shape index (κ1) is 17.3. The van der Waals surface area contributed by atoms with E-state index in [2.05, 4.69) is 9.97 Å². The van der Waals surface area contributed by atoms with E-state index in [0.717, 1.165) is 11.1 Å². The number of sulfonamides is 1. The minimum atomic E-state index is -3.77. The predicted octanol–water partition coefficient (Wildman–Crippen LogP) is 0.640. The third-order valence-corrected chi connectivity index (χ3v) is 5.93. The molecule has 0 saturated carbocycles. The summed E-state index contributed by atoms with van der Waals surface area (Å²) in [5, 5.41) is 0. The number of benzene rings is 1. The minimum Gasteiger partial charge on any atom is -0.495 e. The highest BCUT2D eigenvalue weighted by atomic mass is 32.2. The van der Waals surface area contributed by atoms with Crippen molar-refractivity contribution in [1.29, 1.82) is 0 Å². The standard InChI is InChI=1S/C16H18N4O4S/c1-10-3-4-13(24-2)14(7-10)25(22,23)20-6-5-11-8-18-16(15(17)21)19-12(11)9-20/h3-4,7-8H,5-6,9H2,1-2H3,(H2,17,21). The van der Waals surface area contributed by atoms with Crippen molar-refractivity contribution >= 4 is 15.9 Å². The molecule has 0 radical (unpaired) electrons. The summed E-state index contributed by atoms with van der Waals surface area (Å²) in [4.78, 5) is 19.4. The molecule has 132 valence electrons. The van der Waals surface area contributed by atoms with Crippen LogP contribution < -0.4 is 10.5 Å². The molecule has 9 heteroatoms. The van der Waals surface area contributed by atoms with E-state index in [0.29, 0.717) is 18.7 Å². The Kier molecular flexibility index (Phi) is 4.44. The molecular weight excluding hydrogens is 344 g/mol. The van der Waals surface area contributed by atoms with Crippen LogP contribution in [0.3, 0.4) is 0 Å². The molecular formula is C16H18N4O4S. The summed E-state index contributed by atoms with van der Waals surface area (Å²) in [6, 6.07) is 5.00. The van der Waals surface area contributed by atoms with Gasteiger partial charge in [-0.25, -0.2) is 18.4 Å². The largest absolute Gasteiger partial charge is 0.495 e. The van der Waals surface area contributed by atoms with E-state index in [9.17, 15) is 13.2 Å². The summed E-state index contributed by atoms with van der Waals surface area (Å²) >= 11 is 0. The van der Waals surface area contributed by atoms with Crippen LogP contribution in [0.15, 0.2) is 29.3 Å². The van der Waals surface area contributed by atoms with Crippen LogP contribution in [0.5, 0.6) is 5.75 Å². The fourth-order valence-corrected chi connectivity index (χ4v) is 4.37.